The van der Waals surface area contributed by atoms with E-state index >= 15 is 0 Å². The zero-order chi connectivity index (χ0) is 10.7. The van der Waals surface area contributed by atoms with Crippen LogP contribution in [0.4, 0.5) is 0 Å². The first-order valence-corrected chi connectivity index (χ1v) is 4.91. The van der Waals surface area contributed by atoms with Crippen LogP contribution >= 0.6 is 23.2 Å². The van der Waals surface area contributed by atoms with Gasteiger partial charge in [-0.1, -0.05) is 11.6 Å². The van der Waals surface area contributed by atoms with Crippen LogP contribution in [0.15, 0.2) is 18.2 Å². The molecule has 0 heterocycles. The number of ether oxygens (including phenoxy) is 1. The lowest BCUT2D eigenvalue weighted by molar-refractivity contribution is 0.108. The largest absolute Gasteiger partial charge is 0.491 e. The standard InChI is InChI=1S/C10H10Cl2O2/c1-6(2)14-9-4-7(10(12)13)3-8(11)5-9/h3-6H,1-2H3. The summed E-state index contributed by atoms with van der Waals surface area (Å²) in [5.74, 6) is 0.552. The molecular weight excluding hydrogens is 223 g/mol. The second kappa shape index (κ2) is 4.67. The van der Waals surface area contributed by atoms with E-state index in [2.05, 4.69) is 0 Å². The Morgan fingerprint density at radius 3 is 2.50 bits per heavy atom. The highest BCUT2D eigenvalue weighted by molar-refractivity contribution is 6.67. The van der Waals surface area contributed by atoms with Crippen molar-refractivity contribution in [2.75, 3.05) is 0 Å². The molecule has 0 bridgehead atoms. The van der Waals surface area contributed by atoms with Crippen molar-refractivity contribution in [2.24, 2.45) is 0 Å². The fourth-order valence-electron chi connectivity index (χ4n) is 1.02. The summed E-state index contributed by atoms with van der Waals surface area (Å²) in [6.07, 6.45) is 0.0340. The molecule has 76 valence electrons. The molecule has 0 atom stereocenters. The molecule has 0 amide bonds. The highest BCUT2D eigenvalue weighted by Crippen LogP contribution is 2.22. The van der Waals surface area contributed by atoms with Gasteiger partial charge in [-0.05, 0) is 43.6 Å². The molecule has 0 aliphatic rings. The lowest BCUT2D eigenvalue weighted by atomic mass is 10.2. The average molecular weight is 233 g/mol. The van der Waals surface area contributed by atoms with Crippen molar-refractivity contribution in [2.45, 2.75) is 20.0 Å². The first-order chi connectivity index (χ1) is 6.49. The molecule has 2 nitrogen and oxygen atoms in total. The molecule has 4 heteroatoms. The molecule has 0 radical (unpaired) electrons. The van der Waals surface area contributed by atoms with Crippen molar-refractivity contribution in [3.63, 3.8) is 0 Å². The number of hydrogen-bond acceptors (Lipinski definition) is 2. The molecule has 0 N–H and O–H groups in total. The molecule has 1 rings (SSSR count). The second-order valence-corrected chi connectivity index (χ2v) is 3.90. The van der Waals surface area contributed by atoms with Gasteiger partial charge in [0.2, 0.25) is 0 Å². The summed E-state index contributed by atoms with van der Waals surface area (Å²) in [7, 11) is 0. The predicted octanol–water partition coefficient (Wildman–Crippen LogP) is 3.51. The van der Waals surface area contributed by atoms with Gasteiger partial charge in [-0.25, -0.2) is 0 Å². The van der Waals surface area contributed by atoms with Crippen molar-refractivity contribution in [3.8, 4) is 5.75 Å². The fourth-order valence-corrected chi connectivity index (χ4v) is 1.35. The number of carbonyl (C=O) groups is 1. The van der Waals surface area contributed by atoms with Gasteiger partial charge in [-0.3, -0.25) is 4.79 Å². The molecule has 0 fully saturated rings. The Kier molecular flexibility index (Phi) is 3.78. The van der Waals surface area contributed by atoms with E-state index < -0.39 is 5.24 Å². The first kappa shape index (κ1) is 11.3. The van der Waals surface area contributed by atoms with Crippen LogP contribution < -0.4 is 4.74 Å². The van der Waals surface area contributed by atoms with Gasteiger partial charge in [0, 0.05) is 10.6 Å². The summed E-state index contributed by atoms with van der Waals surface area (Å²) < 4.78 is 5.39. The molecule has 1 aromatic rings. The third-order valence-corrected chi connectivity index (χ3v) is 1.91. The summed E-state index contributed by atoms with van der Waals surface area (Å²) in [5, 5.41) is -0.103. The number of carbonyl (C=O) groups excluding carboxylic acids is 1. The van der Waals surface area contributed by atoms with Crippen LogP contribution in [0.1, 0.15) is 24.2 Å². The quantitative estimate of drug-likeness (QED) is 0.746. The molecule has 0 spiro atoms. The van der Waals surface area contributed by atoms with E-state index in [4.69, 9.17) is 27.9 Å². The molecule has 0 aliphatic heterocycles. The van der Waals surface area contributed by atoms with E-state index in [0.29, 0.717) is 16.3 Å². The topological polar surface area (TPSA) is 26.3 Å². The molecule has 0 aliphatic carbocycles. The molecule has 0 saturated heterocycles. The van der Waals surface area contributed by atoms with Gasteiger partial charge < -0.3 is 4.74 Å². The smallest absolute Gasteiger partial charge is 0.252 e. The summed E-state index contributed by atoms with van der Waals surface area (Å²) in [6, 6.07) is 4.72. The van der Waals surface area contributed by atoms with Crippen molar-refractivity contribution in [1.29, 1.82) is 0 Å². The summed E-state index contributed by atoms with van der Waals surface area (Å²) >= 11 is 11.1. The van der Waals surface area contributed by atoms with Crippen molar-refractivity contribution >= 4 is 28.4 Å². The Morgan fingerprint density at radius 1 is 1.36 bits per heavy atom. The van der Waals surface area contributed by atoms with Gasteiger partial charge in [0.15, 0.2) is 0 Å². The summed E-state index contributed by atoms with van der Waals surface area (Å²) in [5.41, 5.74) is 0.342. The zero-order valence-electron chi connectivity index (χ0n) is 7.88. The molecular formula is C10H10Cl2O2. The maximum Gasteiger partial charge on any atom is 0.252 e. The number of hydrogen-bond donors (Lipinski definition) is 0. The minimum Gasteiger partial charge on any atom is -0.491 e. The van der Waals surface area contributed by atoms with Gasteiger partial charge in [-0.15, -0.1) is 0 Å². The Balaban J connectivity index is 3.01. The average Bonchev–Trinajstić information content (AvgIpc) is 2.01. The Bertz CT molecular complexity index is 348. The number of halogens is 2. The van der Waals surface area contributed by atoms with Crippen LogP contribution in [0, 0.1) is 0 Å². The van der Waals surface area contributed by atoms with Crippen LogP contribution in [0.5, 0.6) is 5.75 Å². The minimum absolute atomic E-state index is 0.0340. The number of rotatable bonds is 3. The van der Waals surface area contributed by atoms with Crippen molar-refractivity contribution < 1.29 is 9.53 Å². The second-order valence-electron chi connectivity index (χ2n) is 3.12. The fraction of sp³-hybridized carbons (Fsp3) is 0.300. The SMILES string of the molecule is CC(C)Oc1cc(Cl)cc(C(=O)Cl)c1. The minimum atomic E-state index is -0.541. The van der Waals surface area contributed by atoms with Crippen LogP contribution in [0.25, 0.3) is 0 Å². The van der Waals surface area contributed by atoms with Gasteiger partial charge in [0.1, 0.15) is 5.75 Å². The molecule has 0 unspecified atom stereocenters. The van der Waals surface area contributed by atoms with Crippen molar-refractivity contribution in [3.05, 3.63) is 28.8 Å². The normalized spacial score (nSPS) is 10.4. The van der Waals surface area contributed by atoms with E-state index in [1.807, 2.05) is 13.8 Å². The predicted molar refractivity (Wildman–Crippen MR) is 57.4 cm³/mol. The van der Waals surface area contributed by atoms with Crippen LogP contribution in [-0.4, -0.2) is 11.3 Å². The summed E-state index contributed by atoms with van der Waals surface area (Å²) in [4.78, 5) is 10.9. The van der Waals surface area contributed by atoms with E-state index in [0.717, 1.165) is 0 Å². The van der Waals surface area contributed by atoms with Gasteiger partial charge >= 0.3 is 0 Å². The summed E-state index contributed by atoms with van der Waals surface area (Å²) in [6.45, 7) is 3.78. The van der Waals surface area contributed by atoms with E-state index in [9.17, 15) is 4.79 Å². The van der Waals surface area contributed by atoms with Crippen LogP contribution in [0.2, 0.25) is 5.02 Å². The van der Waals surface area contributed by atoms with Crippen LogP contribution in [-0.2, 0) is 0 Å². The third-order valence-electron chi connectivity index (χ3n) is 1.47. The maximum absolute atomic E-state index is 10.9. The van der Waals surface area contributed by atoms with Gasteiger partial charge in [0.25, 0.3) is 5.24 Å². The monoisotopic (exact) mass is 232 g/mol. The van der Waals surface area contributed by atoms with E-state index in [1.54, 1.807) is 12.1 Å². The van der Waals surface area contributed by atoms with Crippen LogP contribution in [0.3, 0.4) is 0 Å². The first-order valence-electron chi connectivity index (χ1n) is 4.16. The number of benzene rings is 1. The van der Waals surface area contributed by atoms with E-state index in [1.165, 1.54) is 6.07 Å². The molecule has 0 aromatic heterocycles. The lowest BCUT2D eigenvalue weighted by Crippen LogP contribution is -2.06. The molecule has 0 saturated carbocycles. The molecule has 14 heavy (non-hydrogen) atoms. The Labute approximate surface area is 92.8 Å². The Morgan fingerprint density at radius 2 is 2.00 bits per heavy atom. The van der Waals surface area contributed by atoms with E-state index in [-0.39, 0.29) is 6.10 Å². The van der Waals surface area contributed by atoms with Gasteiger partial charge in [-0.2, -0.15) is 0 Å². The van der Waals surface area contributed by atoms with Gasteiger partial charge in [0.05, 0.1) is 6.10 Å². The highest BCUT2D eigenvalue weighted by Gasteiger charge is 2.07. The lowest BCUT2D eigenvalue weighted by Gasteiger charge is -2.10. The molecule has 1 aromatic carbocycles. The maximum atomic E-state index is 10.9. The third kappa shape index (κ3) is 3.20. The van der Waals surface area contributed by atoms with Crippen molar-refractivity contribution in [1.82, 2.24) is 0 Å². The Hall–Kier alpha value is -0.730. The highest BCUT2D eigenvalue weighted by atomic mass is 35.5. The zero-order valence-corrected chi connectivity index (χ0v) is 9.39.